The van der Waals surface area contributed by atoms with Gasteiger partial charge in [-0.1, -0.05) is 50.9 Å². The van der Waals surface area contributed by atoms with Crippen molar-refractivity contribution >= 4 is 28.9 Å². The summed E-state index contributed by atoms with van der Waals surface area (Å²) in [6.45, 7) is 17.9. The number of benzene rings is 1. The smallest absolute Gasteiger partial charge is 0.0826 e. The van der Waals surface area contributed by atoms with Gasteiger partial charge in [-0.05, 0) is 56.7 Å². The molecule has 0 aliphatic carbocycles. The Hall–Kier alpha value is -0.400. The van der Waals surface area contributed by atoms with E-state index in [1.54, 1.807) is 0 Å². The average molecular weight is 330 g/mol. The summed E-state index contributed by atoms with van der Waals surface area (Å²) in [5, 5.41) is 1.29. The molecule has 0 N–H and O–H groups in total. The molecule has 0 bridgehead atoms. The van der Waals surface area contributed by atoms with Crippen LogP contribution in [-0.4, -0.2) is 12.1 Å². The molecule has 0 saturated heterocycles. The van der Waals surface area contributed by atoms with Crippen molar-refractivity contribution in [3.05, 3.63) is 27.7 Å². The van der Waals surface area contributed by atoms with Crippen molar-refractivity contribution in [3.8, 4) is 0 Å². The van der Waals surface area contributed by atoms with Crippen LogP contribution in [0.3, 0.4) is 0 Å². The zero-order valence-corrected chi connectivity index (χ0v) is 16.1. The summed E-state index contributed by atoms with van der Waals surface area (Å²) < 4.78 is 0. The summed E-state index contributed by atoms with van der Waals surface area (Å²) in [5.41, 5.74) is 2.42. The third-order valence-electron chi connectivity index (χ3n) is 4.52. The van der Waals surface area contributed by atoms with Gasteiger partial charge in [-0.3, -0.25) is 0 Å². The fourth-order valence-electron chi connectivity index (χ4n) is 2.83. The molecule has 0 aromatic heterocycles. The first-order valence-electron chi connectivity index (χ1n) is 7.70. The van der Waals surface area contributed by atoms with Gasteiger partial charge in [0.2, 0.25) is 0 Å². The Morgan fingerprint density at radius 2 is 1.52 bits per heavy atom. The van der Waals surface area contributed by atoms with Gasteiger partial charge in [-0.25, -0.2) is 0 Å². The van der Waals surface area contributed by atoms with Crippen molar-refractivity contribution in [3.63, 3.8) is 0 Å². The first-order valence-corrected chi connectivity index (χ1v) is 8.46. The zero-order valence-electron chi connectivity index (χ0n) is 14.6. The normalized spacial score (nSPS) is 15.2. The second-order valence-electron chi connectivity index (χ2n) is 7.48. The van der Waals surface area contributed by atoms with Crippen molar-refractivity contribution in [1.82, 2.24) is 0 Å². The summed E-state index contributed by atoms with van der Waals surface area (Å²) in [5.74, 6) is 0.523. The van der Waals surface area contributed by atoms with E-state index in [9.17, 15) is 0 Å². The lowest BCUT2D eigenvalue weighted by molar-refractivity contribution is 0.218. The maximum Gasteiger partial charge on any atom is 0.0826 e. The average Bonchev–Trinajstić information content (AvgIpc) is 2.32. The molecule has 0 fully saturated rings. The van der Waals surface area contributed by atoms with Crippen molar-refractivity contribution in [2.45, 2.75) is 67.5 Å². The first kappa shape index (κ1) is 18.6. The monoisotopic (exact) mass is 329 g/mol. The minimum absolute atomic E-state index is 0.243. The number of hydrogen-bond donors (Lipinski definition) is 0. The van der Waals surface area contributed by atoms with E-state index in [0.717, 1.165) is 11.3 Å². The molecule has 2 atom stereocenters. The molecule has 0 radical (unpaired) electrons. The first-order chi connectivity index (χ1) is 9.46. The SMILES string of the molecule is Cc1cc(Cl)c(Cl)c(N(C(C)C)[C@@H](C)[C@H](C)C(C)(C)C)c1. The third-order valence-corrected chi connectivity index (χ3v) is 5.31. The number of hydrogen-bond acceptors (Lipinski definition) is 1. The van der Waals surface area contributed by atoms with Crippen molar-refractivity contribution < 1.29 is 0 Å². The van der Waals surface area contributed by atoms with Crippen LogP contribution in [0.2, 0.25) is 10.0 Å². The molecule has 21 heavy (non-hydrogen) atoms. The number of aryl methyl sites for hydroxylation is 1. The maximum atomic E-state index is 6.49. The van der Waals surface area contributed by atoms with Crippen molar-refractivity contribution in [2.75, 3.05) is 4.90 Å². The van der Waals surface area contributed by atoms with E-state index in [0.29, 0.717) is 28.0 Å². The van der Waals surface area contributed by atoms with Crippen LogP contribution in [0.25, 0.3) is 0 Å². The molecular formula is C18H29Cl2N. The predicted molar refractivity (Wildman–Crippen MR) is 96.9 cm³/mol. The molecule has 0 aliphatic rings. The Labute approximate surface area is 140 Å². The van der Waals surface area contributed by atoms with Crippen LogP contribution in [0.1, 0.15) is 54.0 Å². The Morgan fingerprint density at radius 3 is 1.95 bits per heavy atom. The molecule has 0 spiro atoms. The number of nitrogens with zero attached hydrogens (tertiary/aromatic N) is 1. The number of rotatable bonds is 4. The van der Waals surface area contributed by atoms with Gasteiger partial charge in [0.1, 0.15) is 0 Å². The third kappa shape index (κ3) is 4.29. The van der Waals surface area contributed by atoms with Gasteiger partial charge in [-0.15, -0.1) is 0 Å². The molecule has 1 rings (SSSR count). The molecule has 1 aromatic carbocycles. The minimum atomic E-state index is 0.243. The van der Waals surface area contributed by atoms with E-state index in [-0.39, 0.29) is 5.41 Å². The largest absolute Gasteiger partial charge is 0.365 e. The summed E-state index contributed by atoms with van der Waals surface area (Å²) >= 11 is 12.8. The molecule has 0 unspecified atom stereocenters. The van der Waals surface area contributed by atoms with Crippen LogP contribution in [0.15, 0.2) is 12.1 Å². The highest BCUT2D eigenvalue weighted by Gasteiger charge is 2.31. The van der Waals surface area contributed by atoms with E-state index in [1.165, 1.54) is 0 Å². The highest BCUT2D eigenvalue weighted by molar-refractivity contribution is 6.43. The highest BCUT2D eigenvalue weighted by atomic mass is 35.5. The molecule has 120 valence electrons. The van der Waals surface area contributed by atoms with Gasteiger partial charge in [0.15, 0.2) is 0 Å². The standard InChI is InChI=1S/C18H29Cl2N/c1-11(2)21(14(5)13(4)18(6,7)8)16-10-12(3)9-15(19)17(16)20/h9-11,13-14H,1-8H3/t13-,14-/m0/s1. The molecule has 1 aromatic rings. The number of anilines is 1. The van der Waals surface area contributed by atoms with Crippen LogP contribution in [-0.2, 0) is 0 Å². The molecule has 0 aliphatic heterocycles. The van der Waals surface area contributed by atoms with Crippen molar-refractivity contribution in [1.29, 1.82) is 0 Å². The molecule has 3 heteroatoms. The van der Waals surface area contributed by atoms with Gasteiger partial charge >= 0.3 is 0 Å². The van der Waals surface area contributed by atoms with E-state index >= 15 is 0 Å². The molecule has 1 nitrogen and oxygen atoms in total. The fraction of sp³-hybridized carbons (Fsp3) is 0.667. The van der Waals surface area contributed by atoms with Crippen LogP contribution in [0.5, 0.6) is 0 Å². The fourth-order valence-corrected chi connectivity index (χ4v) is 3.30. The van der Waals surface area contributed by atoms with E-state index in [2.05, 4.69) is 66.4 Å². The summed E-state index contributed by atoms with van der Waals surface area (Å²) in [4.78, 5) is 2.40. The Balaban J connectivity index is 3.32. The van der Waals surface area contributed by atoms with E-state index < -0.39 is 0 Å². The summed E-state index contributed by atoms with van der Waals surface area (Å²) in [6.07, 6.45) is 0. The van der Waals surface area contributed by atoms with E-state index in [4.69, 9.17) is 23.2 Å². The van der Waals surface area contributed by atoms with Crippen LogP contribution < -0.4 is 4.90 Å². The predicted octanol–water partition coefficient (Wildman–Crippen LogP) is 6.59. The zero-order chi connectivity index (χ0) is 16.5. The highest BCUT2D eigenvalue weighted by Crippen LogP contribution is 2.39. The van der Waals surface area contributed by atoms with Gasteiger partial charge in [0, 0.05) is 12.1 Å². The lowest BCUT2D eigenvalue weighted by Crippen LogP contribution is -2.46. The van der Waals surface area contributed by atoms with Gasteiger partial charge in [-0.2, -0.15) is 0 Å². The quantitative estimate of drug-likeness (QED) is 0.602. The molecular weight excluding hydrogens is 301 g/mol. The Morgan fingerprint density at radius 1 is 1.00 bits per heavy atom. The minimum Gasteiger partial charge on any atom is -0.365 e. The van der Waals surface area contributed by atoms with Crippen LogP contribution in [0.4, 0.5) is 5.69 Å². The molecule has 0 heterocycles. The van der Waals surface area contributed by atoms with Gasteiger partial charge < -0.3 is 4.90 Å². The maximum absolute atomic E-state index is 6.49. The summed E-state index contributed by atoms with van der Waals surface area (Å²) in [7, 11) is 0. The Kier molecular flexibility index (Phi) is 6.03. The summed E-state index contributed by atoms with van der Waals surface area (Å²) in [6, 6.07) is 4.80. The molecule has 0 saturated carbocycles. The van der Waals surface area contributed by atoms with Gasteiger partial charge in [0.25, 0.3) is 0 Å². The Bertz CT molecular complexity index is 489. The lowest BCUT2D eigenvalue weighted by atomic mass is 9.77. The second kappa shape index (κ2) is 6.79. The second-order valence-corrected chi connectivity index (χ2v) is 8.26. The number of halogens is 2. The van der Waals surface area contributed by atoms with Crippen LogP contribution in [0, 0.1) is 18.3 Å². The van der Waals surface area contributed by atoms with Crippen molar-refractivity contribution in [2.24, 2.45) is 11.3 Å². The topological polar surface area (TPSA) is 3.24 Å². The van der Waals surface area contributed by atoms with Gasteiger partial charge in [0.05, 0.1) is 15.7 Å². The lowest BCUT2D eigenvalue weighted by Gasteiger charge is -2.43. The van der Waals surface area contributed by atoms with Crippen LogP contribution >= 0.6 is 23.2 Å². The molecule has 0 amide bonds. The van der Waals surface area contributed by atoms with E-state index in [1.807, 2.05) is 6.07 Å².